The molecule has 1 amide bonds. The van der Waals surface area contributed by atoms with Crippen LogP contribution in [0, 0.1) is 12.8 Å². The van der Waals surface area contributed by atoms with Crippen molar-refractivity contribution in [3.05, 3.63) is 23.0 Å². The van der Waals surface area contributed by atoms with E-state index in [9.17, 15) is 18.0 Å². The molecular formula is C22H30N4O5S. The first-order chi connectivity index (χ1) is 15.1. The van der Waals surface area contributed by atoms with Gasteiger partial charge in [-0.2, -0.15) is 5.10 Å². The van der Waals surface area contributed by atoms with Gasteiger partial charge < -0.3 is 10.1 Å². The van der Waals surface area contributed by atoms with Gasteiger partial charge in [-0.05, 0) is 44.6 Å². The van der Waals surface area contributed by atoms with Crippen molar-refractivity contribution in [3.8, 4) is 0 Å². The summed E-state index contributed by atoms with van der Waals surface area (Å²) in [7, 11) is -3.10. The fraction of sp³-hybridized carbons (Fsp3) is 0.636. The van der Waals surface area contributed by atoms with Crippen LogP contribution in [0.15, 0.2) is 6.07 Å². The second-order valence-corrected chi connectivity index (χ2v) is 11.5. The number of rotatable bonds is 8. The van der Waals surface area contributed by atoms with E-state index in [0.29, 0.717) is 41.2 Å². The maximum Gasteiger partial charge on any atom is 0.339 e. The first-order valence-corrected chi connectivity index (χ1v) is 13.0. The van der Waals surface area contributed by atoms with Gasteiger partial charge in [0.05, 0.1) is 34.2 Å². The number of aryl methyl sites for hydroxylation is 1. The second-order valence-electron chi connectivity index (χ2n) is 9.26. The summed E-state index contributed by atoms with van der Waals surface area (Å²) >= 11 is 0. The number of carbonyl (C=O) groups excluding carboxylic acids is 2. The molecule has 1 aliphatic heterocycles. The number of aromatic nitrogens is 3. The lowest BCUT2D eigenvalue weighted by atomic mass is 10.1. The molecule has 10 heteroatoms. The number of esters is 1. The average Bonchev–Trinajstić information content (AvgIpc) is 3.44. The smallest absolute Gasteiger partial charge is 0.339 e. The molecule has 32 heavy (non-hydrogen) atoms. The van der Waals surface area contributed by atoms with Crippen LogP contribution in [-0.4, -0.2) is 59.7 Å². The van der Waals surface area contributed by atoms with E-state index in [0.717, 1.165) is 25.0 Å². The summed E-state index contributed by atoms with van der Waals surface area (Å²) in [5.74, 6) is -0.0366. The Balaban J connectivity index is 1.59. The molecule has 174 valence electrons. The number of nitrogens with zero attached hydrogens (tertiary/aromatic N) is 3. The lowest BCUT2D eigenvalue weighted by molar-refractivity contribution is -0.124. The molecule has 0 bridgehead atoms. The molecule has 2 aliphatic rings. The highest BCUT2D eigenvalue weighted by atomic mass is 32.2. The maximum absolute atomic E-state index is 13.0. The Morgan fingerprint density at radius 2 is 2.03 bits per heavy atom. The quantitative estimate of drug-likeness (QED) is 0.598. The molecule has 1 atom stereocenters. The summed E-state index contributed by atoms with van der Waals surface area (Å²) in [6.45, 7) is 6.10. The largest absolute Gasteiger partial charge is 0.452 e. The summed E-state index contributed by atoms with van der Waals surface area (Å²) in [6, 6.07) is 1.44. The molecule has 1 N–H and O–H groups in total. The number of ether oxygens (including phenoxy) is 1. The second kappa shape index (κ2) is 8.80. The molecule has 2 fully saturated rings. The van der Waals surface area contributed by atoms with Gasteiger partial charge >= 0.3 is 5.97 Å². The Morgan fingerprint density at radius 3 is 2.66 bits per heavy atom. The molecule has 0 spiro atoms. The SMILES string of the molecule is Cc1nn(C2CCS(=O)(=O)C2)c2nc(C3CC3)cc(C(=O)OCC(=O)NCCC(C)C)c12. The van der Waals surface area contributed by atoms with Crippen molar-refractivity contribution in [2.45, 2.75) is 58.4 Å². The minimum absolute atomic E-state index is 0.0227. The van der Waals surface area contributed by atoms with Crippen molar-refractivity contribution in [2.75, 3.05) is 24.7 Å². The molecule has 0 aromatic carbocycles. The Kier molecular flexibility index (Phi) is 6.24. The van der Waals surface area contributed by atoms with Crippen LogP contribution >= 0.6 is 0 Å². The molecule has 1 saturated heterocycles. The van der Waals surface area contributed by atoms with Crippen molar-refractivity contribution in [2.24, 2.45) is 5.92 Å². The van der Waals surface area contributed by atoms with E-state index >= 15 is 0 Å². The number of amides is 1. The predicted molar refractivity (Wildman–Crippen MR) is 119 cm³/mol. The number of hydrogen-bond donors (Lipinski definition) is 1. The molecule has 2 aromatic heterocycles. The summed E-state index contributed by atoms with van der Waals surface area (Å²) in [4.78, 5) is 29.8. The molecule has 1 unspecified atom stereocenters. The van der Waals surface area contributed by atoms with Crippen LogP contribution in [0.4, 0.5) is 0 Å². The van der Waals surface area contributed by atoms with E-state index in [-0.39, 0.29) is 36.0 Å². The summed E-state index contributed by atoms with van der Waals surface area (Å²) < 4.78 is 31.0. The van der Waals surface area contributed by atoms with Crippen molar-refractivity contribution < 1.29 is 22.7 Å². The molecule has 4 rings (SSSR count). The lowest BCUT2D eigenvalue weighted by Crippen LogP contribution is -2.30. The summed E-state index contributed by atoms with van der Waals surface area (Å²) in [5, 5.41) is 7.87. The topological polar surface area (TPSA) is 120 Å². The first kappa shape index (κ1) is 22.7. The monoisotopic (exact) mass is 462 g/mol. The van der Waals surface area contributed by atoms with Crippen LogP contribution in [0.5, 0.6) is 0 Å². The Morgan fingerprint density at radius 1 is 1.28 bits per heavy atom. The van der Waals surface area contributed by atoms with E-state index in [1.807, 2.05) is 0 Å². The molecule has 0 radical (unpaired) electrons. The van der Waals surface area contributed by atoms with Gasteiger partial charge in [-0.15, -0.1) is 0 Å². The van der Waals surface area contributed by atoms with Gasteiger partial charge in [0.15, 0.2) is 22.1 Å². The zero-order chi connectivity index (χ0) is 23.0. The van der Waals surface area contributed by atoms with Crippen LogP contribution < -0.4 is 5.32 Å². The fourth-order valence-corrected chi connectivity index (χ4v) is 5.76. The first-order valence-electron chi connectivity index (χ1n) is 11.2. The molecule has 1 saturated carbocycles. The highest BCUT2D eigenvalue weighted by molar-refractivity contribution is 7.91. The summed E-state index contributed by atoms with van der Waals surface area (Å²) in [5.41, 5.74) is 2.22. The zero-order valence-electron chi connectivity index (χ0n) is 18.8. The van der Waals surface area contributed by atoms with Crippen LogP contribution in [0.25, 0.3) is 11.0 Å². The standard InChI is InChI=1S/C22H30N4O5S/c1-13(2)6-8-23-19(27)11-31-22(28)17-10-18(15-4-5-15)24-21-20(17)14(3)25-26(21)16-7-9-32(29,30)12-16/h10,13,15-16H,4-9,11-12H2,1-3H3,(H,23,27). The number of carbonyl (C=O) groups is 2. The fourth-order valence-electron chi connectivity index (χ4n) is 4.06. The third kappa shape index (κ3) is 4.95. The Labute approximate surface area is 187 Å². The molecule has 3 heterocycles. The van der Waals surface area contributed by atoms with Gasteiger partial charge in [0.1, 0.15) is 0 Å². The molecule has 1 aliphatic carbocycles. The van der Waals surface area contributed by atoms with Gasteiger partial charge in [0.2, 0.25) is 0 Å². The number of pyridine rings is 1. The Bertz CT molecular complexity index is 1150. The molecule has 9 nitrogen and oxygen atoms in total. The van der Waals surface area contributed by atoms with E-state index < -0.39 is 15.8 Å². The van der Waals surface area contributed by atoms with E-state index in [2.05, 4.69) is 24.3 Å². The molecule has 2 aromatic rings. The van der Waals surface area contributed by atoms with Gasteiger partial charge in [0.25, 0.3) is 5.91 Å². The minimum Gasteiger partial charge on any atom is -0.452 e. The number of fused-ring (bicyclic) bond motifs is 1. The normalized spacial score (nSPS) is 20.1. The van der Waals surface area contributed by atoms with Gasteiger partial charge in [-0.1, -0.05) is 13.8 Å². The van der Waals surface area contributed by atoms with Crippen molar-refractivity contribution >= 4 is 32.7 Å². The zero-order valence-corrected chi connectivity index (χ0v) is 19.6. The summed E-state index contributed by atoms with van der Waals surface area (Å²) in [6.07, 6.45) is 3.32. The number of sulfone groups is 1. The van der Waals surface area contributed by atoms with E-state index in [1.165, 1.54) is 0 Å². The predicted octanol–water partition coefficient (Wildman–Crippen LogP) is 2.30. The number of hydrogen-bond acceptors (Lipinski definition) is 7. The van der Waals surface area contributed by atoms with E-state index in [1.54, 1.807) is 17.7 Å². The third-order valence-corrected chi connectivity index (χ3v) is 7.76. The van der Waals surface area contributed by atoms with Gasteiger partial charge in [0, 0.05) is 18.2 Å². The highest BCUT2D eigenvalue weighted by Gasteiger charge is 2.34. The van der Waals surface area contributed by atoms with Crippen LogP contribution in [0.2, 0.25) is 0 Å². The molecular weight excluding hydrogens is 432 g/mol. The van der Waals surface area contributed by atoms with E-state index in [4.69, 9.17) is 9.72 Å². The van der Waals surface area contributed by atoms with Gasteiger partial charge in [-0.25, -0.2) is 22.9 Å². The average molecular weight is 463 g/mol. The lowest BCUT2D eigenvalue weighted by Gasteiger charge is -2.12. The maximum atomic E-state index is 13.0. The van der Waals surface area contributed by atoms with Crippen LogP contribution in [0.3, 0.4) is 0 Å². The van der Waals surface area contributed by atoms with Crippen molar-refractivity contribution in [1.29, 1.82) is 0 Å². The van der Waals surface area contributed by atoms with Gasteiger partial charge in [-0.3, -0.25) is 4.79 Å². The third-order valence-electron chi connectivity index (χ3n) is 6.00. The highest BCUT2D eigenvalue weighted by Crippen LogP contribution is 2.41. The van der Waals surface area contributed by atoms with Crippen molar-refractivity contribution in [3.63, 3.8) is 0 Å². The number of nitrogens with one attached hydrogen (secondary N) is 1. The Hall–Kier alpha value is -2.49. The van der Waals surface area contributed by atoms with Crippen LogP contribution in [-0.2, 0) is 19.4 Å². The van der Waals surface area contributed by atoms with Crippen LogP contribution in [0.1, 0.15) is 73.2 Å². The van der Waals surface area contributed by atoms with Crippen molar-refractivity contribution in [1.82, 2.24) is 20.1 Å². The minimum atomic E-state index is -3.10.